The first-order chi connectivity index (χ1) is 13.7. The van der Waals surface area contributed by atoms with Crippen molar-refractivity contribution in [3.63, 3.8) is 0 Å². The van der Waals surface area contributed by atoms with Crippen LogP contribution in [0.15, 0.2) is 47.7 Å². The van der Waals surface area contributed by atoms with Gasteiger partial charge in [-0.3, -0.25) is 4.90 Å². The van der Waals surface area contributed by atoms with Gasteiger partial charge in [-0.05, 0) is 18.4 Å². The highest BCUT2D eigenvalue weighted by Crippen LogP contribution is 2.09. The molecule has 3 rings (SSSR count). The Labute approximate surface area is 192 Å². The Morgan fingerprint density at radius 1 is 1.14 bits per heavy atom. The van der Waals surface area contributed by atoms with Crippen LogP contribution in [-0.2, 0) is 13.1 Å². The summed E-state index contributed by atoms with van der Waals surface area (Å²) < 4.78 is 2.18. The molecule has 2 heterocycles. The third-order valence-electron chi connectivity index (χ3n) is 5.00. The number of aromatic nitrogens is 2. The molecule has 1 saturated heterocycles. The molecule has 29 heavy (non-hydrogen) atoms. The molecule has 1 aromatic heterocycles. The second-order valence-electron chi connectivity index (χ2n) is 7.81. The summed E-state index contributed by atoms with van der Waals surface area (Å²) in [6.45, 7) is 14.4. The van der Waals surface area contributed by atoms with E-state index in [2.05, 4.69) is 69.7 Å². The molecular formula is C22H35IN6. The van der Waals surface area contributed by atoms with Crippen molar-refractivity contribution in [3.05, 3.63) is 54.1 Å². The quantitative estimate of drug-likeness (QED) is 0.353. The molecule has 1 aliphatic rings. The lowest BCUT2D eigenvalue weighted by molar-refractivity contribution is 0.164. The number of aliphatic imine (C=N–C) groups is 1. The van der Waals surface area contributed by atoms with Gasteiger partial charge in [0.1, 0.15) is 12.4 Å². The standard InChI is InChI=1S/C22H34N6.HI/c1-4-23-22(27-14-12-26(13-15-27)17-19(2)3)25-16-21-24-10-11-28(21)18-20-8-6-5-7-9-20;/h5-11,19H,4,12-18H2,1-3H3,(H,23,25);1H. The Morgan fingerprint density at radius 2 is 1.86 bits per heavy atom. The first-order valence-corrected chi connectivity index (χ1v) is 10.4. The van der Waals surface area contributed by atoms with Crippen LogP contribution in [0.1, 0.15) is 32.2 Å². The maximum Gasteiger partial charge on any atom is 0.194 e. The minimum Gasteiger partial charge on any atom is -0.357 e. The molecule has 0 aliphatic carbocycles. The number of nitrogens with zero attached hydrogens (tertiary/aromatic N) is 5. The molecule has 7 heteroatoms. The van der Waals surface area contributed by atoms with E-state index in [1.807, 2.05) is 18.5 Å². The van der Waals surface area contributed by atoms with Crippen molar-refractivity contribution in [2.75, 3.05) is 39.3 Å². The lowest BCUT2D eigenvalue weighted by Crippen LogP contribution is -2.53. The Balaban J connectivity index is 0.00000300. The zero-order valence-electron chi connectivity index (χ0n) is 17.9. The zero-order chi connectivity index (χ0) is 19.8. The van der Waals surface area contributed by atoms with Gasteiger partial charge in [-0.1, -0.05) is 44.2 Å². The van der Waals surface area contributed by atoms with Gasteiger partial charge in [0, 0.05) is 58.2 Å². The van der Waals surface area contributed by atoms with Gasteiger partial charge in [-0.15, -0.1) is 24.0 Å². The van der Waals surface area contributed by atoms with Gasteiger partial charge in [0.05, 0.1) is 0 Å². The molecule has 0 bridgehead atoms. The number of halogens is 1. The number of hydrogen-bond donors (Lipinski definition) is 1. The van der Waals surface area contributed by atoms with Crippen molar-refractivity contribution in [2.45, 2.75) is 33.9 Å². The Bertz CT molecular complexity index is 735. The monoisotopic (exact) mass is 510 g/mol. The highest BCUT2D eigenvalue weighted by Gasteiger charge is 2.20. The van der Waals surface area contributed by atoms with E-state index in [0.717, 1.165) is 57.0 Å². The van der Waals surface area contributed by atoms with Gasteiger partial charge >= 0.3 is 0 Å². The smallest absolute Gasteiger partial charge is 0.194 e. The fourth-order valence-corrected chi connectivity index (χ4v) is 3.65. The summed E-state index contributed by atoms with van der Waals surface area (Å²) in [5.41, 5.74) is 1.28. The van der Waals surface area contributed by atoms with Crippen molar-refractivity contribution in [1.29, 1.82) is 0 Å². The van der Waals surface area contributed by atoms with Crippen molar-refractivity contribution in [3.8, 4) is 0 Å². The average molecular weight is 510 g/mol. The van der Waals surface area contributed by atoms with Gasteiger partial charge in [-0.2, -0.15) is 0 Å². The third-order valence-corrected chi connectivity index (χ3v) is 5.00. The van der Waals surface area contributed by atoms with Crippen LogP contribution < -0.4 is 5.32 Å². The molecule has 1 aromatic carbocycles. The van der Waals surface area contributed by atoms with E-state index in [1.54, 1.807) is 0 Å². The van der Waals surface area contributed by atoms with Crippen molar-refractivity contribution in [1.82, 2.24) is 24.7 Å². The first kappa shape index (κ1) is 23.7. The van der Waals surface area contributed by atoms with Crippen LogP contribution >= 0.6 is 24.0 Å². The van der Waals surface area contributed by atoms with Crippen LogP contribution in [0.5, 0.6) is 0 Å². The van der Waals surface area contributed by atoms with E-state index in [4.69, 9.17) is 4.99 Å². The number of benzene rings is 1. The van der Waals surface area contributed by atoms with Crippen molar-refractivity contribution in [2.24, 2.45) is 10.9 Å². The van der Waals surface area contributed by atoms with Gasteiger partial charge in [0.25, 0.3) is 0 Å². The second kappa shape index (κ2) is 12.2. The van der Waals surface area contributed by atoms with E-state index in [9.17, 15) is 0 Å². The van der Waals surface area contributed by atoms with Crippen LogP contribution in [0.4, 0.5) is 0 Å². The van der Waals surface area contributed by atoms with E-state index >= 15 is 0 Å². The molecule has 1 fully saturated rings. The van der Waals surface area contributed by atoms with Crippen LogP contribution in [0, 0.1) is 5.92 Å². The number of piperazine rings is 1. The molecule has 0 atom stereocenters. The molecule has 0 radical (unpaired) electrons. The summed E-state index contributed by atoms with van der Waals surface area (Å²) >= 11 is 0. The Hall–Kier alpha value is -1.61. The molecule has 2 aromatic rings. The van der Waals surface area contributed by atoms with Crippen LogP contribution in [0.3, 0.4) is 0 Å². The fraction of sp³-hybridized carbons (Fsp3) is 0.545. The summed E-state index contributed by atoms with van der Waals surface area (Å²) in [5.74, 6) is 2.72. The molecule has 0 saturated carbocycles. The van der Waals surface area contributed by atoms with Gasteiger partial charge < -0.3 is 14.8 Å². The molecular weight excluding hydrogens is 475 g/mol. The number of nitrogens with one attached hydrogen (secondary N) is 1. The normalized spacial score (nSPS) is 15.4. The lowest BCUT2D eigenvalue weighted by Gasteiger charge is -2.37. The molecule has 1 N–H and O–H groups in total. The van der Waals surface area contributed by atoms with Crippen LogP contribution in [0.2, 0.25) is 0 Å². The summed E-state index contributed by atoms with van der Waals surface area (Å²) in [5, 5.41) is 3.46. The van der Waals surface area contributed by atoms with Crippen molar-refractivity contribution < 1.29 is 0 Å². The minimum absolute atomic E-state index is 0. The lowest BCUT2D eigenvalue weighted by atomic mass is 10.2. The van der Waals surface area contributed by atoms with Crippen LogP contribution in [-0.4, -0.2) is 64.6 Å². The molecule has 160 valence electrons. The summed E-state index contributed by atoms with van der Waals surface area (Å²) in [6, 6.07) is 10.5. The maximum atomic E-state index is 4.90. The Morgan fingerprint density at radius 3 is 2.52 bits per heavy atom. The van der Waals surface area contributed by atoms with E-state index in [1.165, 1.54) is 12.1 Å². The largest absolute Gasteiger partial charge is 0.357 e. The molecule has 6 nitrogen and oxygen atoms in total. The Kier molecular flexibility index (Phi) is 9.93. The number of rotatable bonds is 7. The van der Waals surface area contributed by atoms with Gasteiger partial charge in [0.2, 0.25) is 0 Å². The maximum absolute atomic E-state index is 4.90. The van der Waals surface area contributed by atoms with Crippen molar-refractivity contribution >= 4 is 29.9 Å². The second-order valence-corrected chi connectivity index (χ2v) is 7.81. The molecule has 1 aliphatic heterocycles. The van der Waals surface area contributed by atoms with Gasteiger partial charge in [-0.25, -0.2) is 9.98 Å². The molecule has 0 amide bonds. The van der Waals surface area contributed by atoms with Gasteiger partial charge in [0.15, 0.2) is 5.96 Å². The number of hydrogen-bond acceptors (Lipinski definition) is 3. The predicted molar refractivity (Wildman–Crippen MR) is 131 cm³/mol. The number of imidazole rings is 1. The predicted octanol–water partition coefficient (Wildman–Crippen LogP) is 3.29. The fourth-order valence-electron chi connectivity index (χ4n) is 3.65. The zero-order valence-corrected chi connectivity index (χ0v) is 20.3. The average Bonchev–Trinajstić information content (AvgIpc) is 3.13. The van der Waals surface area contributed by atoms with E-state index in [-0.39, 0.29) is 24.0 Å². The number of guanidine groups is 1. The van der Waals surface area contributed by atoms with E-state index in [0.29, 0.717) is 6.54 Å². The van der Waals surface area contributed by atoms with E-state index < -0.39 is 0 Å². The summed E-state index contributed by atoms with van der Waals surface area (Å²) in [6.07, 6.45) is 3.90. The third kappa shape index (κ3) is 7.29. The molecule has 0 spiro atoms. The minimum atomic E-state index is 0. The SMILES string of the molecule is CCNC(=NCc1nccn1Cc1ccccc1)N1CCN(CC(C)C)CC1.I. The highest BCUT2D eigenvalue weighted by molar-refractivity contribution is 14.0. The highest BCUT2D eigenvalue weighted by atomic mass is 127. The summed E-state index contributed by atoms with van der Waals surface area (Å²) in [4.78, 5) is 14.4. The first-order valence-electron chi connectivity index (χ1n) is 10.4. The summed E-state index contributed by atoms with van der Waals surface area (Å²) in [7, 11) is 0. The topological polar surface area (TPSA) is 48.7 Å². The van der Waals surface area contributed by atoms with Crippen LogP contribution in [0.25, 0.3) is 0 Å². The molecule has 0 unspecified atom stereocenters.